The van der Waals surface area contributed by atoms with Crippen molar-refractivity contribution in [3.8, 4) is 11.3 Å². The molecule has 0 aliphatic rings. The van der Waals surface area contributed by atoms with Crippen molar-refractivity contribution < 1.29 is 9.90 Å². The highest BCUT2D eigenvalue weighted by molar-refractivity contribution is 5.99. The minimum Gasteiger partial charge on any atom is -0.386 e. The van der Waals surface area contributed by atoms with Crippen molar-refractivity contribution in [1.82, 2.24) is 14.9 Å². The van der Waals surface area contributed by atoms with Crippen molar-refractivity contribution >= 4 is 11.9 Å². The summed E-state index contributed by atoms with van der Waals surface area (Å²) < 4.78 is 0. The number of benzene rings is 3. The Morgan fingerprint density at radius 2 is 1.53 bits per heavy atom. The lowest BCUT2D eigenvalue weighted by molar-refractivity contribution is 0.0487. The van der Waals surface area contributed by atoms with Crippen molar-refractivity contribution in [3.63, 3.8) is 0 Å². The maximum atomic E-state index is 13.5. The number of carbonyl (C=O) groups excluding carboxylic acids is 1. The summed E-state index contributed by atoms with van der Waals surface area (Å²) >= 11 is 0. The van der Waals surface area contributed by atoms with E-state index in [-0.39, 0.29) is 5.91 Å². The van der Waals surface area contributed by atoms with Crippen molar-refractivity contribution in [2.24, 2.45) is 0 Å². The standard InChI is InChI=1S/C28H28N4O2/c1-20(26(33)23-16-10-5-11-17-23)32(2)27(34)24-19-30-28(29-18-21-12-6-3-7-13-21)31-25(24)22-14-8-4-9-15-22/h3-17,19-20,26,33H,18H2,1-2H3,(H,29,30,31). The molecular weight excluding hydrogens is 424 g/mol. The molecule has 0 saturated heterocycles. The van der Waals surface area contributed by atoms with E-state index in [2.05, 4.69) is 10.3 Å². The first-order chi connectivity index (χ1) is 16.5. The molecule has 1 amide bonds. The SMILES string of the molecule is CC(C(O)c1ccccc1)N(C)C(=O)c1cnc(NCc2ccccc2)nc1-c1ccccc1. The molecule has 6 heteroatoms. The van der Waals surface area contributed by atoms with Crippen LogP contribution in [0.4, 0.5) is 5.95 Å². The number of aliphatic hydroxyl groups excluding tert-OH is 1. The summed E-state index contributed by atoms with van der Waals surface area (Å²) in [6.07, 6.45) is 0.742. The molecule has 172 valence electrons. The number of hydrogen-bond donors (Lipinski definition) is 2. The molecule has 0 spiro atoms. The van der Waals surface area contributed by atoms with Gasteiger partial charge in [-0.25, -0.2) is 9.97 Å². The summed E-state index contributed by atoms with van der Waals surface area (Å²) in [5.41, 5.74) is 3.61. The van der Waals surface area contributed by atoms with Gasteiger partial charge in [-0.1, -0.05) is 91.0 Å². The van der Waals surface area contributed by atoms with Gasteiger partial charge in [0.2, 0.25) is 5.95 Å². The highest BCUT2D eigenvalue weighted by Gasteiger charge is 2.27. The lowest BCUT2D eigenvalue weighted by atomic mass is 10.0. The van der Waals surface area contributed by atoms with Crippen LogP contribution in [0.15, 0.2) is 97.2 Å². The van der Waals surface area contributed by atoms with E-state index in [1.807, 2.05) is 97.9 Å². The van der Waals surface area contributed by atoms with Gasteiger partial charge < -0.3 is 15.3 Å². The molecule has 0 aliphatic heterocycles. The van der Waals surface area contributed by atoms with Gasteiger partial charge in [-0.2, -0.15) is 0 Å². The lowest BCUT2D eigenvalue weighted by Crippen LogP contribution is -2.39. The Morgan fingerprint density at radius 1 is 0.941 bits per heavy atom. The van der Waals surface area contributed by atoms with Crippen LogP contribution in [0.5, 0.6) is 0 Å². The molecule has 0 fully saturated rings. The monoisotopic (exact) mass is 452 g/mol. The molecule has 0 saturated carbocycles. The van der Waals surface area contributed by atoms with Crippen LogP contribution in [0, 0.1) is 0 Å². The maximum Gasteiger partial charge on any atom is 0.257 e. The van der Waals surface area contributed by atoms with Crippen molar-refractivity contribution in [1.29, 1.82) is 0 Å². The highest BCUT2D eigenvalue weighted by atomic mass is 16.3. The Balaban J connectivity index is 1.61. The van der Waals surface area contributed by atoms with Crippen LogP contribution < -0.4 is 5.32 Å². The van der Waals surface area contributed by atoms with E-state index in [4.69, 9.17) is 4.98 Å². The van der Waals surface area contributed by atoms with E-state index >= 15 is 0 Å². The molecule has 4 aromatic rings. The van der Waals surface area contributed by atoms with Gasteiger partial charge in [0.1, 0.15) is 0 Å². The Kier molecular flexibility index (Phi) is 7.30. The average molecular weight is 453 g/mol. The van der Waals surface area contributed by atoms with Gasteiger partial charge in [-0.05, 0) is 18.1 Å². The van der Waals surface area contributed by atoms with E-state index in [1.165, 1.54) is 0 Å². The first-order valence-electron chi connectivity index (χ1n) is 11.2. The Hall–Kier alpha value is -4.03. The summed E-state index contributed by atoms with van der Waals surface area (Å²) in [5, 5.41) is 14.1. The smallest absolute Gasteiger partial charge is 0.257 e. The lowest BCUT2D eigenvalue weighted by Gasteiger charge is -2.29. The largest absolute Gasteiger partial charge is 0.386 e. The second kappa shape index (κ2) is 10.7. The predicted molar refractivity (Wildman–Crippen MR) is 134 cm³/mol. The summed E-state index contributed by atoms with van der Waals surface area (Å²) in [4.78, 5) is 24.2. The molecule has 0 bridgehead atoms. The fourth-order valence-corrected chi connectivity index (χ4v) is 3.73. The number of nitrogens with one attached hydrogen (secondary N) is 1. The molecule has 4 rings (SSSR count). The Labute approximate surface area is 199 Å². The number of hydrogen-bond acceptors (Lipinski definition) is 5. The average Bonchev–Trinajstić information content (AvgIpc) is 2.91. The summed E-state index contributed by atoms with van der Waals surface area (Å²) in [7, 11) is 1.69. The third-order valence-corrected chi connectivity index (χ3v) is 5.89. The number of rotatable bonds is 8. The second-order valence-electron chi connectivity index (χ2n) is 8.17. The molecular formula is C28H28N4O2. The number of aromatic nitrogens is 2. The van der Waals surface area contributed by atoms with Gasteiger partial charge in [-0.3, -0.25) is 4.79 Å². The number of carbonyl (C=O) groups is 1. The zero-order valence-electron chi connectivity index (χ0n) is 19.3. The third-order valence-electron chi connectivity index (χ3n) is 5.89. The van der Waals surface area contributed by atoms with Gasteiger partial charge in [0.15, 0.2) is 0 Å². The predicted octanol–water partition coefficient (Wildman–Crippen LogP) is 4.95. The minimum atomic E-state index is -0.817. The van der Waals surface area contributed by atoms with Crippen LogP contribution in [0.25, 0.3) is 11.3 Å². The van der Waals surface area contributed by atoms with Gasteiger partial charge >= 0.3 is 0 Å². The van der Waals surface area contributed by atoms with Crippen molar-refractivity contribution in [2.45, 2.75) is 25.6 Å². The molecule has 6 nitrogen and oxygen atoms in total. The van der Waals surface area contributed by atoms with Crippen LogP contribution in [-0.2, 0) is 6.54 Å². The third kappa shape index (κ3) is 5.30. The maximum absolute atomic E-state index is 13.5. The number of likely N-dealkylation sites (N-methyl/N-ethyl adjacent to an activating group) is 1. The molecule has 0 radical (unpaired) electrons. The van der Waals surface area contributed by atoms with Gasteiger partial charge in [-0.15, -0.1) is 0 Å². The van der Waals surface area contributed by atoms with Crippen LogP contribution >= 0.6 is 0 Å². The van der Waals surface area contributed by atoms with Crippen LogP contribution in [-0.4, -0.2) is 39.0 Å². The Morgan fingerprint density at radius 3 is 2.18 bits per heavy atom. The zero-order valence-corrected chi connectivity index (χ0v) is 19.3. The topological polar surface area (TPSA) is 78.3 Å². The fourth-order valence-electron chi connectivity index (χ4n) is 3.73. The fraction of sp³-hybridized carbons (Fsp3) is 0.179. The van der Waals surface area contributed by atoms with E-state index in [1.54, 1.807) is 18.1 Å². The van der Waals surface area contributed by atoms with E-state index in [0.29, 0.717) is 23.8 Å². The normalized spacial score (nSPS) is 12.6. The molecule has 2 unspecified atom stereocenters. The molecule has 1 aromatic heterocycles. The van der Waals surface area contributed by atoms with Crippen molar-refractivity contribution in [3.05, 3.63) is 114 Å². The molecule has 2 N–H and O–H groups in total. The second-order valence-corrected chi connectivity index (χ2v) is 8.17. The Bertz CT molecular complexity index is 1220. The first-order valence-corrected chi connectivity index (χ1v) is 11.2. The summed E-state index contributed by atoms with van der Waals surface area (Å²) in [6, 6.07) is 28.5. The van der Waals surface area contributed by atoms with Gasteiger partial charge in [0.25, 0.3) is 5.91 Å². The number of amides is 1. The van der Waals surface area contributed by atoms with Crippen LogP contribution in [0.2, 0.25) is 0 Å². The van der Waals surface area contributed by atoms with Crippen molar-refractivity contribution in [2.75, 3.05) is 12.4 Å². The summed E-state index contributed by atoms with van der Waals surface area (Å²) in [6.45, 7) is 2.40. The molecule has 2 atom stereocenters. The van der Waals surface area contributed by atoms with E-state index in [9.17, 15) is 9.90 Å². The minimum absolute atomic E-state index is 0.254. The number of aliphatic hydroxyl groups is 1. The first kappa shape index (κ1) is 23.1. The van der Waals surface area contributed by atoms with Crippen LogP contribution in [0.1, 0.15) is 34.5 Å². The zero-order chi connectivity index (χ0) is 23.9. The number of anilines is 1. The van der Waals surface area contributed by atoms with Crippen LogP contribution in [0.3, 0.4) is 0 Å². The number of nitrogens with zero attached hydrogens (tertiary/aromatic N) is 3. The molecule has 1 heterocycles. The highest BCUT2D eigenvalue weighted by Crippen LogP contribution is 2.26. The molecule has 34 heavy (non-hydrogen) atoms. The quantitative estimate of drug-likeness (QED) is 0.396. The van der Waals surface area contributed by atoms with E-state index < -0.39 is 12.1 Å². The molecule has 3 aromatic carbocycles. The summed E-state index contributed by atoms with van der Waals surface area (Å²) in [5.74, 6) is 0.190. The van der Waals surface area contributed by atoms with Gasteiger partial charge in [0.05, 0.1) is 23.4 Å². The van der Waals surface area contributed by atoms with Gasteiger partial charge in [0, 0.05) is 25.4 Å². The van der Waals surface area contributed by atoms with E-state index in [0.717, 1.165) is 16.7 Å². The molecule has 0 aliphatic carbocycles.